The molecule has 458 valence electrons. The molecule has 77 heavy (non-hydrogen) atoms. The summed E-state index contributed by atoms with van der Waals surface area (Å²) in [6.45, 7) is 2.90. The van der Waals surface area contributed by atoms with Crippen LogP contribution in [0.2, 0.25) is 0 Å². The van der Waals surface area contributed by atoms with Gasteiger partial charge in [0, 0.05) is 6.42 Å². The average molecular weight is 1100 g/mol. The van der Waals surface area contributed by atoms with E-state index in [2.05, 4.69) is 19.2 Å². The Morgan fingerprint density at radius 2 is 0.740 bits per heavy atom. The lowest BCUT2D eigenvalue weighted by atomic mass is 9.97. The van der Waals surface area contributed by atoms with Crippen LogP contribution in [0, 0.1) is 0 Å². The average Bonchev–Trinajstić information content (AvgIpc) is 3.43. The Hall–Kier alpha value is -1.01. The van der Waals surface area contributed by atoms with Gasteiger partial charge in [0.05, 0.1) is 32.0 Å². The second-order valence-electron chi connectivity index (χ2n) is 23.6. The summed E-state index contributed by atoms with van der Waals surface area (Å²) < 4.78 is 22.9. The summed E-state index contributed by atoms with van der Waals surface area (Å²) in [6, 6.07) is -0.822. The van der Waals surface area contributed by atoms with Crippen molar-refractivity contribution in [2.75, 3.05) is 19.8 Å². The number of rotatable bonds is 54. The first-order chi connectivity index (χ1) is 37.6. The van der Waals surface area contributed by atoms with Crippen molar-refractivity contribution in [1.29, 1.82) is 0 Å². The Labute approximate surface area is 470 Å². The molecular formula is C63H123NO13. The maximum atomic E-state index is 13.3. The van der Waals surface area contributed by atoms with Crippen LogP contribution in [0.4, 0.5) is 0 Å². The molecule has 2 heterocycles. The Bertz CT molecular complexity index is 1300. The number of hydrogen-bond donors (Lipinski definition) is 9. The predicted octanol–water partition coefficient (Wildman–Crippen LogP) is 12.1. The van der Waals surface area contributed by atoms with E-state index in [4.69, 9.17) is 18.9 Å². The van der Waals surface area contributed by atoms with E-state index >= 15 is 0 Å². The van der Waals surface area contributed by atoms with Crippen molar-refractivity contribution >= 4 is 5.91 Å². The third-order valence-corrected chi connectivity index (χ3v) is 16.6. The van der Waals surface area contributed by atoms with E-state index in [9.17, 15) is 45.6 Å². The largest absolute Gasteiger partial charge is 0.394 e. The molecule has 0 bridgehead atoms. The fraction of sp³-hybridized carbons (Fsp3) is 0.984. The molecule has 0 aromatic carbocycles. The van der Waals surface area contributed by atoms with Crippen molar-refractivity contribution in [1.82, 2.24) is 5.32 Å². The minimum atomic E-state index is -1.78. The van der Waals surface area contributed by atoms with Crippen molar-refractivity contribution in [3.05, 3.63) is 0 Å². The molecule has 0 aliphatic carbocycles. The highest BCUT2D eigenvalue weighted by atomic mass is 16.7. The summed E-state index contributed by atoms with van der Waals surface area (Å²) in [5, 5.41) is 87.3. The van der Waals surface area contributed by atoms with Gasteiger partial charge in [-0.1, -0.05) is 284 Å². The zero-order valence-corrected chi connectivity index (χ0v) is 49.5. The van der Waals surface area contributed by atoms with Crippen LogP contribution in [0.5, 0.6) is 0 Å². The predicted molar refractivity (Wildman–Crippen MR) is 309 cm³/mol. The van der Waals surface area contributed by atoms with Crippen LogP contribution in [0.15, 0.2) is 0 Å². The number of aliphatic hydroxyl groups is 8. The van der Waals surface area contributed by atoms with E-state index < -0.39 is 86.8 Å². The van der Waals surface area contributed by atoms with Crippen LogP contribution in [0.3, 0.4) is 0 Å². The lowest BCUT2D eigenvalue weighted by Gasteiger charge is -2.46. The molecular weight excluding hydrogens is 979 g/mol. The lowest BCUT2D eigenvalue weighted by molar-refractivity contribution is -0.359. The van der Waals surface area contributed by atoms with E-state index in [-0.39, 0.29) is 12.5 Å². The topological polar surface area (TPSA) is 228 Å². The molecule has 1 amide bonds. The Balaban J connectivity index is 1.64. The molecule has 14 nitrogen and oxygen atoms in total. The van der Waals surface area contributed by atoms with Crippen LogP contribution in [-0.4, -0.2) is 140 Å². The number of amides is 1. The molecule has 2 fully saturated rings. The number of nitrogens with one attached hydrogen (secondary N) is 1. The van der Waals surface area contributed by atoms with E-state index in [1.165, 1.54) is 225 Å². The molecule has 0 spiro atoms. The standard InChI is InChI=1S/C63H123NO13/c1-3-5-7-9-11-13-15-17-19-20-21-22-23-24-25-26-27-28-29-30-31-32-33-35-37-39-41-43-45-47-55(68)64-51(52(67)46-44-42-40-38-36-34-18-16-14-12-10-8-6-4-2)50-74-62-60(73)58(71)61(54(49-66)76-62)77-63-59(72)57(70)56(69)53(48-65)75-63/h51-54,56-63,65-67,69-73H,3-50H2,1-2H3,(H,64,68)/t51-,52+,53+,54+,56-,57?,58?,59?,60?,61+,62+,63-/m0/s1. The number of ether oxygens (including phenoxy) is 4. The normalized spacial score (nSPS) is 24.6. The van der Waals surface area contributed by atoms with Gasteiger partial charge in [0.2, 0.25) is 5.91 Å². The van der Waals surface area contributed by atoms with Crippen LogP contribution < -0.4 is 5.32 Å². The van der Waals surface area contributed by atoms with Crippen molar-refractivity contribution < 1.29 is 64.6 Å². The van der Waals surface area contributed by atoms with E-state index in [1.54, 1.807) is 0 Å². The quantitative estimate of drug-likeness (QED) is 0.0259. The molecule has 12 atom stereocenters. The first-order valence-electron chi connectivity index (χ1n) is 32.8. The van der Waals surface area contributed by atoms with Gasteiger partial charge in [-0.3, -0.25) is 4.79 Å². The van der Waals surface area contributed by atoms with Crippen LogP contribution >= 0.6 is 0 Å². The fourth-order valence-electron chi connectivity index (χ4n) is 11.3. The number of hydrogen-bond acceptors (Lipinski definition) is 13. The number of unbranched alkanes of at least 4 members (excludes halogenated alkanes) is 41. The van der Waals surface area contributed by atoms with Gasteiger partial charge < -0.3 is 65.1 Å². The summed E-state index contributed by atoms with van der Waals surface area (Å²) in [5.74, 6) is -0.199. The highest BCUT2D eigenvalue weighted by molar-refractivity contribution is 5.76. The SMILES string of the molecule is CCCCCCCCCCCCCCCCCCCCCCCCCCCCCCCC(=O)N[C@@H](CO[C@@H]1O[C@H](CO)[C@@H](O[C@@H]2O[C@H](CO)[C@H](O)C(O)C2O)C(O)C1O)[C@H](O)CCCCCCCCCCCCCCCC. The van der Waals surface area contributed by atoms with Crippen molar-refractivity contribution in [2.24, 2.45) is 0 Å². The molecule has 2 rings (SSSR count). The molecule has 0 aromatic rings. The minimum absolute atomic E-state index is 0.199. The van der Waals surface area contributed by atoms with Gasteiger partial charge in [-0.2, -0.15) is 0 Å². The van der Waals surface area contributed by atoms with Gasteiger partial charge in [0.15, 0.2) is 12.6 Å². The van der Waals surface area contributed by atoms with Gasteiger partial charge in [-0.25, -0.2) is 0 Å². The second-order valence-corrected chi connectivity index (χ2v) is 23.6. The van der Waals surface area contributed by atoms with Crippen molar-refractivity contribution in [2.45, 2.75) is 376 Å². The third kappa shape index (κ3) is 34.9. The summed E-state index contributed by atoms with van der Waals surface area (Å²) >= 11 is 0. The van der Waals surface area contributed by atoms with Gasteiger partial charge in [-0.15, -0.1) is 0 Å². The van der Waals surface area contributed by atoms with Gasteiger partial charge in [-0.05, 0) is 12.8 Å². The monoisotopic (exact) mass is 1100 g/mol. The smallest absolute Gasteiger partial charge is 0.220 e. The summed E-state index contributed by atoms with van der Waals surface area (Å²) in [4.78, 5) is 13.3. The third-order valence-electron chi connectivity index (χ3n) is 16.6. The van der Waals surface area contributed by atoms with Crippen molar-refractivity contribution in [3.63, 3.8) is 0 Å². The van der Waals surface area contributed by atoms with Gasteiger partial charge in [0.1, 0.15) is 48.8 Å². The van der Waals surface area contributed by atoms with E-state index in [0.29, 0.717) is 12.8 Å². The van der Waals surface area contributed by atoms with Crippen molar-refractivity contribution in [3.8, 4) is 0 Å². The molecule has 14 heteroatoms. The molecule has 9 N–H and O–H groups in total. The molecule has 2 saturated heterocycles. The number of carbonyl (C=O) groups excluding carboxylic acids is 1. The highest BCUT2D eigenvalue weighted by Crippen LogP contribution is 2.30. The fourth-order valence-corrected chi connectivity index (χ4v) is 11.3. The number of carbonyl (C=O) groups is 1. The van der Waals surface area contributed by atoms with Crippen LogP contribution in [0.1, 0.15) is 303 Å². The van der Waals surface area contributed by atoms with Crippen LogP contribution in [-0.2, 0) is 23.7 Å². The van der Waals surface area contributed by atoms with Crippen LogP contribution in [0.25, 0.3) is 0 Å². The zero-order chi connectivity index (χ0) is 56.0. The first kappa shape index (κ1) is 72.1. The maximum absolute atomic E-state index is 13.3. The Morgan fingerprint density at radius 3 is 1.10 bits per heavy atom. The minimum Gasteiger partial charge on any atom is -0.394 e. The Kier molecular flexibility index (Phi) is 46.4. The Morgan fingerprint density at radius 1 is 0.416 bits per heavy atom. The molecule has 2 aliphatic heterocycles. The number of aliphatic hydroxyl groups excluding tert-OH is 8. The summed E-state index contributed by atoms with van der Waals surface area (Å²) in [5.41, 5.74) is 0. The highest BCUT2D eigenvalue weighted by Gasteiger charge is 2.51. The molecule has 0 radical (unpaired) electrons. The summed E-state index contributed by atoms with van der Waals surface area (Å²) in [6.07, 6.45) is 39.8. The van der Waals surface area contributed by atoms with E-state index in [1.807, 2.05) is 0 Å². The van der Waals surface area contributed by atoms with E-state index in [0.717, 1.165) is 51.4 Å². The molecule has 0 aromatic heterocycles. The maximum Gasteiger partial charge on any atom is 0.220 e. The molecule has 2 aliphatic rings. The molecule has 4 unspecified atom stereocenters. The van der Waals surface area contributed by atoms with Gasteiger partial charge in [0.25, 0.3) is 0 Å². The zero-order valence-electron chi connectivity index (χ0n) is 49.5. The van der Waals surface area contributed by atoms with Gasteiger partial charge >= 0.3 is 0 Å². The first-order valence-corrected chi connectivity index (χ1v) is 32.8. The second kappa shape index (κ2) is 49.6. The molecule has 0 saturated carbocycles. The summed E-state index contributed by atoms with van der Waals surface area (Å²) in [7, 11) is 0. The lowest BCUT2D eigenvalue weighted by Crippen LogP contribution is -2.65.